The Morgan fingerprint density at radius 3 is 2.11 bits per heavy atom. The predicted octanol–water partition coefficient (Wildman–Crippen LogP) is 3.84. The summed E-state index contributed by atoms with van der Waals surface area (Å²) in [7, 11) is 0. The molecule has 0 amide bonds. The van der Waals surface area contributed by atoms with Gasteiger partial charge in [0.25, 0.3) is 0 Å². The first kappa shape index (κ1) is 13.7. The molecular formula is C16H16F2O. The molecule has 0 aliphatic heterocycles. The molecule has 2 rings (SSSR count). The molecule has 1 nitrogen and oxygen atoms in total. The maximum atomic E-state index is 13.3. The molecule has 0 saturated heterocycles. The normalized spacial score (nSPS) is 14.2. The van der Waals surface area contributed by atoms with E-state index in [0.717, 1.165) is 29.3 Å². The van der Waals surface area contributed by atoms with E-state index in [2.05, 4.69) is 0 Å². The summed E-state index contributed by atoms with van der Waals surface area (Å²) in [5.74, 6) is -1.39. The van der Waals surface area contributed by atoms with Gasteiger partial charge in [-0.3, -0.25) is 0 Å². The molecule has 0 radical (unpaired) electrons. The first-order valence-electron chi connectivity index (χ1n) is 6.07. The fourth-order valence-corrected chi connectivity index (χ4v) is 2.25. The lowest BCUT2D eigenvalue weighted by molar-refractivity contribution is 0.101. The highest BCUT2D eigenvalue weighted by molar-refractivity contribution is 5.41. The van der Waals surface area contributed by atoms with Gasteiger partial charge in [0.2, 0.25) is 0 Å². The summed E-state index contributed by atoms with van der Waals surface area (Å²) in [4.78, 5) is 0. The molecule has 1 N–H and O–H groups in total. The van der Waals surface area contributed by atoms with Crippen molar-refractivity contribution in [1.29, 1.82) is 0 Å². The lowest BCUT2D eigenvalue weighted by Gasteiger charge is -2.27. The molecule has 100 valence electrons. The van der Waals surface area contributed by atoms with E-state index in [1.807, 2.05) is 32.0 Å². The van der Waals surface area contributed by atoms with Gasteiger partial charge in [-0.15, -0.1) is 0 Å². The van der Waals surface area contributed by atoms with Gasteiger partial charge in [0.05, 0.1) is 0 Å². The van der Waals surface area contributed by atoms with Crippen LogP contribution in [0, 0.1) is 25.5 Å². The van der Waals surface area contributed by atoms with Gasteiger partial charge >= 0.3 is 0 Å². The Balaban J connectivity index is 2.60. The van der Waals surface area contributed by atoms with Crippen molar-refractivity contribution in [3.05, 3.63) is 70.3 Å². The third kappa shape index (κ3) is 2.66. The minimum Gasteiger partial charge on any atom is -0.381 e. The Labute approximate surface area is 111 Å². The number of aryl methyl sites for hydroxylation is 2. The SMILES string of the molecule is Cc1ccc(C)c(C(C)(O)c2cc(F)cc(F)c2)c1. The van der Waals surface area contributed by atoms with Crippen LogP contribution in [-0.4, -0.2) is 5.11 Å². The zero-order valence-electron chi connectivity index (χ0n) is 11.2. The largest absolute Gasteiger partial charge is 0.381 e. The maximum absolute atomic E-state index is 13.3. The third-order valence-electron chi connectivity index (χ3n) is 3.34. The van der Waals surface area contributed by atoms with Crippen LogP contribution in [-0.2, 0) is 5.60 Å². The number of hydrogen-bond donors (Lipinski definition) is 1. The Bertz CT molecular complexity index is 598. The second-order valence-corrected chi connectivity index (χ2v) is 5.05. The van der Waals surface area contributed by atoms with Gasteiger partial charge < -0.3 is 5.11 Å². The standard InChI is InChI=1S/C16H16F2O/c1-10-4-5-11(2)15(6-10)16(3,19)12-7-13(17)9-14(18)8-12/h4-9,19H,1-3H3. The van der Waals surface area contributed by atoms with Crippen molar-refractivity contribution < 1.29 is 13.9 Å². The zero-order chi connectivity index (χ0) is 14.2. The molecule has 1 unspecified atom stereocenters. The molecule has 0 aliphatic carbocycles. The van der Waals surface area contributed by atoms with Crippen LogP contribution in [0.1, 0.15) is 29.2 Å². The average molecular weight is 262 g/mol. The second-order valence-electron chi connectivity index (χ2n) is 5.05. The van der Waals surface area contributed by atoms with E-state index in [9.17, 15) is 13.9 Å². The summed E-state index contributed by atoms with van der Waals surface area (Å²) in [5, 5.41) is 10.7. The van der Waals surface area contributed by atoms with Crippen molar-refractivity contribution in [2.75, 3.05) is 0 Å². The molecule has 1 atom stereocenters. The van der Waals surface area contributed by atoms with Crippen molar-refractivity contribution in [3.63, 3.8) is 0 Å². The van der Waals surface area contributed by atoms with Crippen LogP contribution in [0.25, 0.3) is 0 Å². The molecule has 0 saturated carbocycles. The first-order valence-corrected chi connectivity index (χ1v) is 6.07. The summed E-state index contributed by atoms with van der Waals surface area (Å²) in [5.41, 5.74) is 1.29. The smallest absolute Gasteiger partial charge is 0.126 e. The summed E-state index contributed by atoms with van der Waals surface area (Å²) >= 11 is 0. The Kier molecular flexibility index (Phi) is 3.42. The number of aliphatic hydroxyl groups is 1. The van der Waals surface area contributed by atoms with Gasteiger partial charge in [-0.25, -0.2) is 8.78 Å². The van der Waals surface area contributed by atoms with E-state index in [1.54, 1.807) is 6.92 Å². The van der Waals surface area contributed by atoms with Crippen LogP contribution in [0.4, 0.5) is 8.78 Å². The lowest BCUT2D eigenvalue weighted by atomic mass is 9.85. The van der Waals surface area contributed by atoms with Crippen molar-refractivity contribution in [2.45, 2.75) is 26.4 Å². The summed E-state index contributed by atoms with van der Waals surface area (Å²) in [6, 6.07) is 8.76. The van der Waals surface area contributed by atoms with Crippen LogP contribution < -0.4 is 0 Å². The minimum atomic E-state index is -1.43. The monoisotopic (exact) mass is 262 g/mol. The fraction of sp³-hybridized carbons (Fsp3) is 0.250. The van der Waals surface area contributed by atoms with Gasteiger partial charge in [-0.1, -0.05) is 23.8 Å². The fourth-order valence-electron chi connectivity index (χ4n) is 2.25. The van der Waals surface area contributed by atoms with E-state index < -0.39 is 17.2 Å². The number of benzene rings is 2. The van der Waals surface area contributed by atoms with Crippen LogP contribution in [0.2, 0.25) is 0 Å². The van der Waals surface area contributed by atoms with Gasteiger partial charge in [0.1, 0.15) is 17.2 Å². The van der Waals surface area contributed by atoms with Crippen molar-refractivity contribution in [1.82, 2.24) is 0 Å². The van der Waals surface area contributed by atoms with Crippen LogP contribution in [0.5, 0.6) is 0 Å². The molecule has 3 heteroatoms. The molecule has 0 heterocycles. The molecule has 19 heavy (non-hydrogen) atoms. The minimum absolute atomic E-state index is 0.207. The molecule has 2 aromatic rings. The highest BCUT2D eigenvalue weighted by atomic mass is 19.1. The van der Waals surface area contributed by atoms with E-state index in [0.29, 0.717) is 5.56 Å². The Morgan fingerprint density at radius 2 is 1.53 bits per heavy atom. The van der Waals surface area contributed by atoms with Crippen molar-refractivity contribution in [2.24, 2.45) is 0 Å². The van der Waals surface area contributed by atoms with E-state index >= 15 is 0 Å². The van der Waals surface area contributed by atoms with Crippen LogP contribution >= 0.6 is 0 Å². The molecule has 0 aromatic heterocycles. The number of rotatable bonds is 2. The highest BCUT2D eigenvalue weighted by Crippen LogP contribution is 2.32. The van der Waals surface area contributed by atoms with E-state index in [-0.39, 0.29) is 5.56 Å². The first-order chi connectivity index (χ1) is 8.80. The van der Waals surface area contributed by atoms with E-state index in [4.69, 9.17) is 0 Å². The highest BCUT2D eigenvalue weighted by Gasteiger charge is 2.28. The third-order valence-corrected chi connectivity index (χ3v) is 3.34. The van der Waals surface area contributed by atoms with Gasteiger partial charge in [0, 0.05) is 6.07 Å². The summed E-state index contributed by atoms with van der Waals surface area (Å²) < 4.78 is 26.6. The average Bonchev–Trinajstić information content (AvgIpc) is 2.31. The molecule has 0 aliphatic rings. The number of hydrogen-bond acceptors (Lipinski definition) is 1. The van der Waals surface area contributed by atoms with Crippen LogP contribution in [0.15, 0.2) is 36.4 Å². The summed E-state index contributed by atoms with van der Waals surface area (Å²) in [6.07, 6.45) is 0. The van der Waals surface area contributed by atoms with Crippen molar-refractivity contribution in [3.8, 4) is 0 Å². The lowest BCUT2D eigenvalue weighted by Crippen LogP contribution is -2.24. The molecular weight excluding hydrogens is 246 g/mol. The van der Waals surface area contributed by atoms with Crippen LogP contribution in [0.3, 0.4) is 0 Å². The van der Waals surface area contributed by atoms with Gasteiger partial charge in [0.15, 0.2) is 0 Å². The van der Waals surface area contributed by atoms with E-state index in [1.165, 1.54) is 0 Å². The quantitative estimate of drug-likeness (QED) is 0.872. The molecule has 0 fully saturated rings. The Morgan fingerprint density at radius 1 is 0.947 bits per heavy atom. The van der Waals surface area contributed by atoms with Gasteiger partial charge in [-0.05, 0) is 49.6 Å². The number of halogens is 2. The summed E-state index contributed by atoms with van der Waals surface area (Å²) in [6.45, 7) is 5.31. The maximum Gasteiger partial charge on any atom is 0.126 e. The molecule has 0 spiro atoms. The second kappa shape index (κ2) is 4.74. The molecule has 2 aromatic carbocycles. The topological polar surface area (TPSA) is 20.2 Å². The van der Waals surface area contributed by atoms with Crippen molar-refractivity contribution >= 4 is 0 Å². The Hall–Kier alpha value is -1.74. The van der Waals surface area contributed by atoms with Gasteiger partial charge in [-0.2, -0.15) is 0 Å². The predicted molar refractivity (Wildman–Crippen MR) is 70.9 cm³/mol. The zero-order valence-corrected chi connectivity index (χ0v) is 11.2. The molecule has 0 bridgehead atoms.